The van der Waals surface area contributed by atoms with Crippen molar-refractivity contribution in [3.8, 4) is 11.5 Å². The van der Waals surface area contributed by atoms with E-state index in [2.05, 4.69) is 10.6 Å². The Bertz CT molecular complexity index is 744. The third-order valence-electron chi connectivity index (χ3n) is 3.95. The van der Waals surface area contributed by atoms with Gasteiger partial charge in [0.05, 0.1) is 17.7 Å². The van der Waals surface area contributed by atoms with Gasteiger partial charge in [-0.3, -0.25) is 0 Å². The summed E-state index contributed by atoms with van der Waals surface area (Å²) in [6.45, 7) is 6.84. The van der Waals surface area contributed by atoms with Crippen molar-refractivity contribution in [3.05, 3.63) is 58.4 Å². The lowest BCUT2D eigenvalue weighted by Crippen LogP contribution is -2.31. The largest absolute Gasteiger partial charge is 0.490 e. The number of nitrogens with one attached hydrogen (secondary N) is 2. The minimum absolute atomic E-state index is 0.0685. The molecule has 0 unspecified atom stereocenters. The highest BCUT2D eigenvalue weighted by Gasteiger charge is 2.14. The predicted octanol–water partition coefficient (Wildman–Crippen LogP) is 3.52. The van der Waals surface area contributed by atoms with Crippen molar-refractivity contribution in [1.82, 2.24) is 10.6 Å². The zero-order valence-corrected chi connectivity index (χ0v) is 17.1. The van der Waals surface area contributed by atoms with E-state index in [0.29, 0.717) is 41.8 Å². The van der Waals surface area contributed by atoms with Gasteiger partial charge >= 0.3 is 0 Å². The van der Waals surface area contributed by atoms with Gasteiger partial charge in [-0.05, 0) is 37.6 Å². The molecule has 0 aliphatic carbocycles. The van der Waals surface area contributed by atoms with Crippen LogP contribution < -0.4 is 20.1 Å². The van der Waals surface area contributed by atoms with Gasteiger partial charge in [-0.25, -0.2) is 4.39 Å². The van der Waals surface area contributed by atoms with Gasteiger partial charge in [0, 0.05) is 31.7 Å². The van der Waals surface area contributed by atoms with Crippen molar-refractivity contribution in [3.63, 3.8) is 0 Å². The van der Waals surface area contributed by atoms with Gasteiger partial charge in [-0.2, -0.15) is 0 Å². The van der Waals surface area contributed by atoms with Crippen molar-refractivity contribution in [2.24, 2.45) is 0 Å². The maximum absolute atomic E-state index is 13.8. The maximum Gasteiger partial charge on any atom is 0.180 e. The van der Waals surface area contributed by atoms with Gasteiger partial charge in [-0.15, -0.1) is 0 Å². The van der Waals surface area contributed by atoms with Crippen molar-refractivity contribution in [2.45, 2.75) is 33.1 Å². The lowest BCUT2D eigenvalue weighted by molar-refractivity contribution is 0.191. The van der Waals surface area contributed by atoms with Crippen LogP contribution in [-0.4, -0.2) is 37.5 Å². The average molecular weight is 411 g/mol. The molecule has 0 bridgehead atoms. The van der Waals surface area contributed by atoms with Crippen LogP contribution in [0.4, 0.5) is 4.39 Å². The fourth-order valence-electron chi connectivity index (χ4n) is 2.61. The fraction of sp³-hybridized carbons (Fsp3) is 0.429. The van der Waals surface area contributed by atoms with Gasteiger partial charge in [0.15, 0.2) is 11.5 Å². The van der Waals surface area contributed by atoms with E-state index in [1.807, 2.05) is 19.1 Å². The number of aliphatic hydroxyl groups excluding tert-OH is 1. The van der Waals surface area contributed by atoms with Crippen LogP contribution in [0, 0.1) is 5.82 Å². The van der Waals surface area contributed by atoms with Crippen LogP contribution in [0.1, 0.15) is 25.0 Å². The molecule has 0 heterocycles. The quantitative estimate of drug-likeness (QED) is 0.467. The molecule has 2 rings (SSSR count). The average Bonchev–Trinajstić information content (AvgIpc) is 2.65. The van der Waals surface area contributed by atoms with Gasteiger partial charge < -0.3 is 25.2 Å². The summed E-state index contributed by atoms with van der Waals surface area (Å²) in [5.74, 6) is 0.631. The Morgan fingerprint density at radius 2 is 1.89 bits per heavy atom. The van der Waals surface area contributed by atoms with E-state index in [4.69, 9.17) is 21.1 Å². The molecule has 0 aromatic heterocycles. The second-order valence-corrected chi connectivity index (χ2v) is 6.86. The number of hydrogen-bond donors (Lipinski definition) is 3. The molecule has 0 aliphatic rings. The Labute approximate surface area is 170 Å². The molecule has 7 heteroatoms. The third-order valence-corrected chi connectivity index (χ3v) is 4.23. The van der Waals surface area contributed by atoms with E-state index in [1.54, 1.807) is 25.1 Å². The van der Waals surface area contributed by atoms with Gasteiger partial charge in [-0.1, -0.05) is 29.8 Å². The summed E-state index contributed by atoms with van der Waals surface area (Å²) in [6.07, 6.45) is -0.357. The Hall–Kier alpha value is -1.86. The zero-order valence-electron chi connectivity index (χ0n) is 16.3. The van der Waals surface area contributed by atoms with Crippen molar-refractivity contribution >= 4 is 11.6 Å². The second-order valence-electron chi connectivity index (χ2n) is 6.45. The van der Waals surface area contributed by atoms with Crippen LogP contribution in [0.3, 0.4) is 0 Å². The predicted molar refractivity (Wildman–Crippen MR) is 110 cm³/mol. The van der Waals surface area contributed by atoms with Crippen LogP contribution in [0.25, 0.3) is 0 Å². The summed E-state index contributed by atoms with van der Waals surface area (Å²) in [6, 6.07) is 10.2. The van der Waals surface area contributed by atoms with Crippen LogP contribution in [0.5, 0.6) is 11.5 Å². The summed E-state index contributed by atoms with van der Waals surface area (Å²) in [7, 11) is 0. The number of rotatable bonds is 12. The summed E-state index contributed by atoms with van der Waals surface area (Å²) in [4.78, 5) is 0. The van der Waals surface area contributed by atoms with Crippen molar-refractivity contribution < 1.29 is 19.0 Å². The lowest BCUT2D eigenvalue weighted by atomic mass is 10.2. The first-order valence-electron chi connectivity index (χ1n) is 9.42. The molecular weight excluding hydrogens is 383 g/mol. The van der Waals surface area contributed by atoms with E-state index in [-0.39, 0.29) is 18.5 Å². The number of benzene rings is 2. The summed E-state index contributed by atoms with van der Waals surface area (Å²) in [5.41, 5.74) is 1.42. The Balaban J connectivity index is 1.97. The molecule has 0 fully saturated rings. The van der Waals surface area contributed by atoms with Crippen molar-refractivity contribution in [1.29, 1.82) is 0 Å². The summed E-state index contributed by atoms with van der Waals surface area (Å²) < 4.78 is 25.3. The molecule has 28 heavy (non-hydrogen) atoms. The smallest absolute Gasteiger partial charge is 0.180 e. The molecule has 3 N–H and O–H groups in total. The summed E-state index contributed by atoms with van der Waals surface area (Å²) >= 11 is 6.41. The second kappa shape index (κ2) is 11.9. The highest BCUT2D eigenvalue weighted by atomic mass is 35.5. The standard InChI is InChI=1S/C21H28ClFN2O3/c1-3-27-20-11-16(13-25-9-8-24-12-15(2)26)10-18(22)21(20)28-14-17-6-4-5-7-19(17)23/h4-7,10-11,15,24-26H,3,8-9,12-14H2,1-2H3/t15-/m0/s1. The summed E-state index contributed by atoms with van der Waals surface area (Å²) in [5, 5.41) is 16.1. The number of ether oxygens (including phenoxy) is 2. The maximum atomic E-state index is 13.8. The topological polar surface area (TPSA) is 62.8 Å². The molecule has 154 valence electrons. The SMILES string of the molecule is CCOc1cc(CNCCNC[C@H](C)O)cc(Cl)c1OCc1ccccc1F. The van der Waals surface area contributed by atoms with E-state index in [0.717, 1.165) is 18.7 Å². The molecule has 0 amide bonds. The van der Waals surface area contributed by atoms with E-state index in [9.17, 15) is 9.50 Å². The van der Waals surface area contributed by atoms with Crippen LogP contribution in [0.15, 0.2) is 36.4 Å². The molecule has 0 saturated carbocycles. The zero-order chi connectivity index (χ0) is 20.4. The first-order chi connectivity index (χ1) is 13.5. The normalized spacial score (nSPS) is 12.0. The van der Waals surface area contributed by atoms with Gasteiger partial charge in [0.1, 0.15) is 12.4 Å². The molecule has 0 aliphatic heterocycles. The third kappa shape index (κ3) is 7.28. The van der Waals surface area contributed by atoms with E-state index < -0.39 is 0 Å². The first kappa shape index (κ1) is 22.4. The molecule has 0 saturated heterocycles. The first-order valence-corrected chi connectivity index (χ1v) is 9.80. The van der Waals surface area contributed by atoms with Crippen LogP contribution in [0.2, 0.25) is 5.02 Å². The molecule has 2 aromatic rings. The number of aliphatic hydroxyl groups is 1. The lowest BCUT2D eigenvalue weighted by Gasteiger charge is -2.16. The molecule has 1 atom stereocenters. The molecule has 5 nitrogen and oxygen atoms in total. The van der Waals surface area contributed by atoms with Gasteiger partial charge in [0.25, 0.3) is 0 Å². The monoisotopic (exact) mass is 410 g/mol. The Morgan fingerprint density at radius 1 is 1.14 bits per heavy atom. The Morgan fingerprint density at radius 3 is 2.61 bits per heavy atom. The van der Waals surface area contributed by atoms with Crippen LogP contribution >= 0.6 is 11.6 Å². The Kier molecular flexibility index (Phi) is 9.50. The number of hydrogen-bond acceptors (Lipinski definition) is 5. The molecule has 0 radical (unpaired) electrons. The number of halogens is 2. The minimum atomic E-state index is -0.357. The highest BCUT2D eigenvalue weighted by Crippen LogP contribution is 2.37. The minimum Gasteiger partial charge on any atom is -0.490 e. The van der Waals surface area contributed by atoms with E-state index in [1.165, 1.54) is 6.07 Å². The molecule has 2 aromatic carbocycles. The molecular formula is C21H28ClFN2O3. The van der Waals surface area contributed by atoms with E-state index >= 15 is 0 Å². The van der Waals surface area contributed by atoms with Crippen molar-refractivity contribution in [2.75, 3.05) is 26.2 Å². The molecule has 0 spiro atoms. The van der Waals surface area contributed by atoms with Crippen LogP contribution in [-0.2, 0) is 13.2 Å². The highest BCUT2D eigenvalue weighted by molar-refractivity contribution is 6.32. The van der Waals surface area contributed by atoms with Gasteiger partial charge in [0.2, 0.25) is 0 Å². The fourth-order valence-corrected chi connectivity index (χ4v) is 2.90.